The van der Waals surface area contributed by atoms with Gasteiger partial charge in [0.15, 0.2) is 5.17 Å². The molecule has 0 aliphatic carbocycles. The number of nitrogens with zero attached hydrogens (tertiary/aromatic N) is 1. The lowest BCUT2D eigenvalue weighted by Crippen LogP contribution is -2.10. The van der Waals surface area contributed by atoms with Gasteiger partial charge in [-0.1, -0.05) is 42.1 Å². The van der Waals surface area contributed by atoms with Gasteiger partial charge in [0.2, 0.25) is 0 Å². The molecule has 2 aromatic carbocycles. The van der Waals surface area contributed by atoms with Gasteiger partial charge < -0.3 is 15.2 Å². The Morgan fingerprint density at radius 2 is 1.73 bits per heavy atom. The first-order chi connectivity index (χ1) is 10.8. The first-order valence-electron chi connectivity index (χ1n) is 7.01. The lowest BCUT2D eigenvalue weighted by atomic mass is 10.2. The molecule has 0 heterocycles. The lowest BCUT2D eigenvalue weighted by Gasteiger charge is -2.06. The zero-order valence-corrected chi connectivity index (χ0v) is 13.4. The zero-order valence-electron chi connectivity index (χ0n) is 12.6. The second-order valence-corrected chi connectivity index (χ2v) is 5.63. The van der Waals surface area contributed by atoms with Gasteiger partial charge in [-0.2, -0.15) is 0 Å². The molecule has 5 heteroatoms. The summed E-state index contributed by atoms with van der Waals surface area (Å²) in [6, 6.07) is 17.6. The molecule has 0 fully saturated rings. The van der Waals surface area contributed by atoms with Crippen molar-refractivity contribution in [1.29, 1.82) is 0 Å². The number of benzene rings is 2. The highest BCUT2D eigenvalue weighted by molar-refractivity contribution is 8.13. The van der Waals surface area contributed by atoms with Crippen molar-refractivity contribution in [3.05, 3.63) is 60.2 Å². The maximum Gasteiger partial charge on any atom is 0.154 e. The zero-order chi connectivity index (χ0) is 15.6. The molecule has 4 nitrogen and oxygen atoms in total. The van der Waals surface area contributed by atoms with Gasteiger partial charge in [0.05, 0.1) is 20.3 Å². The molecule has 116 valence electrons. The normalized spacial score (nSPS) is 11.2. The Labute approximate surface area is 135 Å². The molecule has 0 aliphatic heterocycles. The summed E-state index contributed by atoms with van der Waals surface area (Å²) in [5, 5.41) is 0.585. The Morgan fingerprint density at radius 3 is 2.41 bits per heavy atom. The maximum atomic E-state index is 5.88. The van der Waals surface area contributed by atoms with Crippen molar-refractivity contribution >= 4 is 16.9 Å². The molecule has 2 rings (SSSR count). The van der Waals surface area contributed by atoms with Gasteiger partial charge in [0.1, 0.15) is 11.5 Å². The summed E-state index contributed by atoms with van der Waals surface area (Å²) in [6.45, 7) is 1.19. The number of methoxy groups -OCH3 is 1. The van der Waals surface area contributed by atoms with Crippen molar-refractivity contribution in [3.8, 4) is 11.5 Å². The van der Waals surface area contributed by atoms with Crippen LogP contribution in [0, 0.1) is 0 Å². The van der Waals surface area contributed by atoms with Crippen molar-refractivity contribution in [2.45, 2.75) is 6.54 Å². The molecule has 0 radical (unpaired) electrons. The smallest absolute Gasteiger partial charge is 0.154 e. The van der Waals surface area contributed by atoms with E-state index in [4.69, 9.17) is 15.2 Å². The maximum absolute atomic E-state index is 5.88. The fraction of sp³-hybridized carbons (Fsp3) is 0.235. The fourth-order valence-electron chi connectivity index (χ4n) is 1.78. The number of amidine groups is 1. The minimum Gasteiger partial charge on any atom is -0.497 e. The Hall–Kier alpha value is -2.14. The molecule has 0 bridgehead atoms. The highest BCUT2D eigenvalue weighted by atomic mass is 32.2. The summed E-state index contributed by atoms with van der Waals surface area (Å²) in [7, 11) is 1.64. The van der Waals surface area contributed by atoms with Gasteiger partial charge in [-0.3, -0.25) is 4.99 Å². The minimum atomic E-state index is 0.582. The Morgan fingerprint density at radius 1 is 1.05 bits per heavy atom. The van der Waals surface area contributed by atoms with E-state index in [1.165, 1.54) is 11.8 Å². The van der Waals surface area contributed by atoms with Gasteiger partial charge in [-0.05, 0) is 29.8 Å². The van der Waals surface area contributed by atoms with Crippen molar-refractivity contribution in [3.63, 3.8) is 0 Å². The van der Waals surface area contributed by atoms with Gasteiger partial charge in [0, 0.05) is 5.75 Å². The molecule has 2 N–H and O–H groups in total. The molecule has 0 saturated carbocycles. The molecule has 0 amide bonds. The molecule has 0 saturated heterocycles. The SMILES string of the molecule is COc1ccc(OCCSC(N)=NCc2ccccc2)cc1. The quantitative estimate of drug-likeness (QED) is 0.484. The number of rotatable bonds is 7. The minimum absolute atomic E-state index is 0.582. The largest absolute Gasteiger partial charge is 0.497 e. The van der Waals surface area contributed by atoms with Gasteiger partial charge in [-0.25, -0.2) is 0 Å². The molecular formula is C17H20N2O2S. The van der Waals surface area contributed by atoms with E-state index in [2.05, 4.69) is 4.99 Å². The average molecular weight is 316 g/mol. The van der Waals surface area contributed by atoms with E-state index in [1.54, 1.807) is 7.11 Å². The van der Waals surface area contributed by atoms with E-state index in [9.17, 15) is 0 Å². The van der Waals surface area contributed by atoms with E-state index < -0.39 is 0 Å². The highest BCUT2D eigenvalue weighted by Crippen LogP contribution is 2.17. The van der Waals surface area contributed by atoms with Crippen LogP contribution in [0.5, 0.6) is 11.5 Å². The topological polar surface area (TPSA) is 56.8 Å². The molecular weight excluding hydrogens is 296 g/mol. The van der Waals surface area contributed by atoms with Crippen LogP contribution in [0.2, 0.25) is 0 Å². The van der Waals surface area contributed by atoms with Crippen LogP contribution in [0.25, 0.3) is 0 Å². The van der Waals surface area contributed by atoms with Crippen LogP contribution >= 0.6 is 11.8 Å². The van der Waals surface area contributed by atoms with E-state index in [0.717, 1.165) is 22.8 Å². The Balaban J connectivity index is 1.67. The van der Waals surface area contributed by atoms with E-state index in [-0.39, 0.29) is 0 Å². The van der Waals surface area contributed by atoms with Crippen LogP contribution in [-0.2, 0) is 6.54 Å². The summed E-state index contributed by atoms with van der Waals surface area (Å²) < 4.78 is 10.7. The molecule has 2 aromatic rings. The molecule has 0 spiro atoms. The standard InChI is InChI=1S/C17H20N2O2S/c1-20-15-7-9-16(10-8-15)21-11-12-22-17(18)19-13-14-5-3-2-4-6-14/h2-10H,11-13H2,1H3,(H2,18,19). The summed E-state index contributed by atoms with van der Waals surface area (Å²) in [6.07, 6.45) is 0. The summed E-state index contributed by atoms with van der Waals surface area (Å²) in [5.74, 6) is 2.40. The van der Waals surface area contributed by atoms with Crippen molar-refractivity contribution in [2.24, 2.45) is 10.7 Å². The number of hydrogen-bond acceptors (Lipinski definition) is 4. The van der Waals surface area contributed by atoms with Gasteiger partial charge in [-0.15, -0.1) is 0 Å². The lowest BCUT2D eigenvalue weighted by molar-refractivity contribution is 0.343. The predicted molar refractivity (Wildman–Crippen MR) is 92.7 cm³/mol. The number of thioether (sulfide) groups is 1. The Kier molecular flexibility index (Phi) is 6.64. The van der Waals surface area contributed by atoms with Crippen molar-refractivity contribution < 1.29 is 9.47 Å². The van der Waals surface area contributed by atoms with Crippen LogP contribution in [0.4, 0.5) is 0 Å². The number of hydrogen-bond donors (Lipinski definition) is 1. The van der Waals surface area contributed by atoms with Crippen molar-refractivity contribution in [1.82, 2.24) is 0 Å². The summed E-state index contributed by atoms with van der Waals surface area (Å²) in [5.41, 5.74) is 7.03. The third kappa shape index (κ3) is 5.69. The number of nitrogens with two attached hydrogens (primary N) is 1. The van der Waals surface area contributed by atoms with E-state index in [1.807, 2.05) is 54.6 Å². The van der Waals surface area contributed by atoms with E-state index in [0.29, 0.717) is 18.3 Å². The average Bonchev–Trinajstić information content (AvgIpc) is 2.58. The van der Waals surface area contributed by atoms with Crippen LogP contribution in [0.15, 0.2) is 59.6 Å². The molecule has 22 heavy (non-hydrogen) atoms. The third-order valence-electron chi connectivity index (χ3n) is 2.92. The second-order valence-electron chi connectivity index (χ2n) is 4.51. The summed E-state index contributed by atoms with van der Waals surface area (Å²) >= 11 is 1.50. The number of aliphatic imine (C=N–C) groups is 1. The molecule has 0 unspecified atom stereocenters. The molecule has 0 aliphatic rings. The highest BCUT2D eigenvalue weighted by Gasteiger charge is 1.98. The summed E-state index contributed by atoms with van der Waals surface area (Å²) in [4.78, 5) is 4.35. The predicted octanol–water partition coefficient (Wildman–Crippen LogP) is 3.32. The Bertz CT molecular complexity index is 585. The van der Waals surface area contributed by atoms with Gasteiger partial charge in [0.25, 0.3) is 0 Å². The number of ether oxygens (including phenoxy) is 2. The first-order valence-corrected chi connectivity index (χ1v) is 8.00. The first kappa shape index (κ1) is 16.2. The van der Waals surface area contributed by atoms with Crippen LogP contribution < -0.4 is 15.2 Å². The third-order valence-corrected chi connectivity index (χ3v) is 3.72. The second kappa shape index (κ2) is 9.00. The van der Waals surface area contributed by atoms with Crippen LogP contribution in [0.3, 0.4) is 0 Å². The fourth-order valence-corrected chi connectivity index (χ4v) is 2.31. The van der Waals surface area contributed by atoms with E-state index >= 15 is 0 Å². The molecule has 0 aromatic heterocycles. The monoisotopic (exact) mass is 316 g/mol. The molecule has 0 atom stereocenters. The van der Waals surface area contributed by atoms with Crippen LogP contribution in [0.1, 0.15) is 5.56 Å². The van der Waals surface area contributed by atoms with Gasteiger partial charge >= 0.3 is 0 Å². The van der Waals surface area contributed by atoms with Crippen molar-refractivity contribution in [2.75, 3.05) is 19.5 Å². The van der Waals surface area contributed by atoms with Crippen LogP contribution in [-0.4, -0.2) is 24.6 Å².